The minimum atomic E-state index is -0.423. The van der Waals surface area contributed by atoms with Crippen LogP contribution in [0.5, 0.6) is 0 Å². The highest BCUT2D eigenvalue weighted by Crippen LogP contribution is 2.36. The van der Waals surface area contributed by atoms with E-state index in [2.05, 4.69) is 17.2 Å². The summed E-state index contributed by atoms with van der Waals surface area (Å²) in [6, 6.07) is 7.31. The van der Waals surface area contributed by atoms with Gasteiger partial charge in [0, 0.05) is 16.6 Å². The number of amides is 1. The number of anilines is 1. The third-order valence-corrected chi connectivity index (χ3v) is 5.88. The van der Waals surface area contributed by atoms with E-state index in [1.807, 2.05) is 39.8 Å². The minimum absolute atomic E-state index is 0.169. The minimum Gasteiger partial charge on any atom is -0.399 e. The van der Waals surface area contributed by atoms with Gasteiger partial charge in [0.1, 0.15) is 0 Å². The number of carbonyl (C=O) groups is 1. The van der Waals surface area contributed by atoms with Crippen LogP contribution in [-0.2, 0) is 15.7 Å². The molecule has 25 heavy (non-hydrogen) atoms. The van der Waals surface area contributed by atoms with Crippen LogP contribution < -0.4 is 10.8 Å². The first-order valence-corrected chi connectivity index (χ1v) is 9.25. The quantitative estimate of drug-likeness (QED) is 0.853. The fourth-order valence-corrected chi connectivity index (χ4v) is 3.22. The van der Waals surface area contributed by atoms with E-state index in [4.69, 9.17) is 9.31 Å². The SMILES string of the molecule is CCc1cnc(NC(=O)c2ccc(B3OC(C)(C)C(C)(C)O3)cc2)s1. The van der Waals surface area contributed by atoms with E-state index < -0.39 is 7.12 Å². The average Bonchev–Trinajstić information content (AvgIpc) is 3.09. The number of rotatable bonds is 4. The lowest BCUT2D eigenvalue weighted by Gasteiger charge is -2.32. The van der Waals surface area contributed by atoms with E-state index in [1.165, 1.54) is 11.3 Å². The van der Waals surface area contributed by atoms with Gasteiger partial charge in [-0.05, 0) is 51.7 Å². The highest BCUT2D eigenvalue weighted by molar-refractivity contribution is 7.15. The fourth-order valence-electron chi connectivity index (χ4n) is 2.47. The van der Waals surface area contributed by atoms with Crippen LogP contribution in [0.3, 0.4) is 0 Å². The summed E-state index contributed by atoms with van der Waals surface area (Å²) in [4.78, 5) is 17.7. The van der Waals surface area contributed by atoms with Crippen LogP contribution in [0, 0.1) is 0 Å². The molecule has 132 valence electrons. The Morgan fingerprint density at radius 3 is 2.28 bits per heavy atom. The van der Waals surface area contributed by atoms with Crippen molar-refractivity contribution >= 4 is 35.0 Å². The Balaban J connectivity index is 1.69. The molecule has 1 aliphatic heterocycles. The zero-order valence-corrected chi connectivity index (χ0v) is 16.1. The summed E-state index contributed by atoms with van der Waals surface area (Å²) in [6.07, 6.45) is 2.71. The number of aryl methyl sites for hydroxylation is 1. The summed E-state index contributed by atoms with van der Waals surface area (Å²) < 4.78 is 12.1. The van der Waals surface area contributed by atoms with Gasteiger partial charge < -0.3 is 9.31 Å². The Kier molecular flexibility index (Phi) is 4.75. The molecule has 0 spiro atoms. The van der Waals surface area contributed by atoms with Crippen LogP contribution in [0.1, 0.15) is 49.9 Å². The van der Waals surface area contributed by atoms with Gasteiger partial charge in [0.25, 0.3) is 5.91 Å². The van der Waals surface area contributed by atoms with Crippen molar-refractivity contribution in [2.75, 3.05) is 5.32 Å². The van der Waals surface area contributed by atoms with E-state index >= 15 is 0 Å². The molecule has 1 aliphatic rings. The molecule has 1 aromatic heterocycles. The van der Waals surface area contributed by atoms with Crippen LogP contribution in [0.15, 0.2) is 30.5 Å². The smallest absolute Gasteiger partial charge is 0.399 e. The van der Waals surface area contributed by atoms with E-state index in [9.17, 15) is 4.79 Å². The van der Waals surface area contributed by atoms with Crippen molar-refractivity contribution in [1.29, 1.82) is 0 Å². The summed E-state index contributed by atoms with van der Waals surface area (Å²) in [7, 11) is -0.423. The summed E-state index contributed by atoms with van der Waals surface area (Å²) in [6.45, 7) is 10.1. The molecule has 1 amide bonds. The van der Waals surface area contributed by atoms with Gasteiger partial charge in [0.2, 0.25) is 0 Å². The molecule has 2 heterocycles. The summed E-state index contributed by atoms with van der Waals surface area (Å²) in [5.41, 5.74) is 0.719. The molecule has 0 bridgehead atoms. The molecule has 0 aliphatic carbocycles. The van der Waals surface area contributed by atoms with Crippen molar-refractivity contribution in [2.24, 2.45) is 0 Å². The second kappa shape index (κ2) is 6.55. The molecule has 3 rings (SSSR count). The lowest BCUT2D eigenvalue weighted by Crippen LogP contribution is -2.41. The Labute approximate surface area is 152 Å². The Hall–Kier alpha value is -1.70. The molecule has 0 atom stereocenters. The first kappa shape index (κ1) is 18.1. The molecular weight excluding hydrogens is 335 g/mol. The van der Waals surface area contributed by atoms with Crippen molar-refractivity contribution in [3.8, 4) is 0 Å². The van der Waals surface area contributed by atoms with Crippen molar-refractivity contribution in [1.82, 2.24) is 4.98 Å². The molecule has 1 N–H and O–H groups in total. The monoisotopic (exact) mass is 358 g/mol. The largest absolute Gasteiger partial charge is 0.494 e. The van der Waals surface area contributed by atoms with Gasteiger partial charge in [-0.25, -0.2) is 4.98 Å². The predicted octanol–water partition coefficient (Wildman–Crippen LogP) is 3.26. The van der Waals surface area contributed by atoms with Gasteiger partial charge in [0.05, 0.1) is 11.2 Å². The molecule has 7 heteroatoms. The maximum absolute atomic E-state index is 12.3. The molecule has 1 aromatic carbocycles. The standard InChI is InChI=1S/C18H23BN2O3S/c1-6-14-11-20-16(25-14)21-15(22)12-7-9-13(10-8-12)19-23-17(2,3)18(4,5)24-19/h7-11H,6H2,1-5H3,(H,20,21,22). The van der Waals surface area contributed by atoms with Crippen molar-refractivity contribution in [3.05, 3.63) is 40.9 Å². The third kappa shape index (κ3) is 3.63. The average molecular weight is 358 g/mol. The number of carbonyl (C=O) groups excluding carboxylic acids is 1. The Bertz CT molecular complexity index is 755. The zero-order chi connectivity index (χ0) is 18.2. The van der Waals surface area contributed by atoms with Gasteiger partial charge in [0.15, 0.2) is 5.13 Å². The van der Waals surface area contributed by atoms with Crippen molar-refractivity contribution in [3.63, 3.8) is 0 Å². The number of thiazole rings is 1. The van der Waals surface area contributed by atoms with Crippen molar-refractivity contribution in [2.45, 2.75) is 52.2 Å². The Morgan fingerprint density at radius 1 is 1.16 bits per heavy atom. The molecule has 5 nitrogen and oxygen atoms in total. The van der Waals surface area contributed by atoms with Gasteiger partial charge in [-0.15, -0.1) is 11.3 Å². The first-order valence-electron chi connectivity index (χ1n) is 8.43. The summed E-state index contributed by atoms with van der Waals surface area (Å²) in [5.74, 6) is -0.169. The number of hydrogen-bond donors (Lipinski definition) is 1. The van der Waals surface area contributed by atoms with Crippen LogP contribution in [-0.4, -0.2) is 29.2 Å². The molecule has 0 radical (unpaired) electrons. The number of benzene rings is 1. The number of nitrogens with one attached hydrogen (secondary N) is 1. The highest BCUT2D eigenvalue weighted by Gasteiger charge is 2.51. The molecule has 0 unspecified atom stereocenters. The van der Waals surface area contributed by atoms with Gasteiger partial charge in [-0.3, -0.25) is 10.1 Å². The topological polar surface area (TPSA) is 60.5 Å². The maximum Gasteiger partial charge on any atom is 0.494 e. The predicted molar refractivity (Wildman–Crippen MR) is 102 cm³/mol. The molecule has 2 aromatic rings. The van der Waals surface area contributed by atoms with Crippen LogP contribution in [0.25, 0.3) is 0 Å². The second-order valence-electron chi connectivity index (χ2n) is 7.15. The van der Waals surface area contributed by atoms with E-state index in [-0.39, 0.29) is 17.1 Å². The first-order chi connectivity index (χ1) is 11.7. The van der Waals surface area contributed by atoms with Crippen LogP contribution in [0.2, 0.25) is 0 Å². The highest BCUT2D eigenvalue weighted by atomic mass is 32.1. The van der Waals surface area contributed by atoms with Gasteiger partial charge in [-0.1, -0.05) is 19.1 Å². The molecule has 1 saturated heterocycles. The Morgan fingerprint density at radius 2 is 1.76 bits per heavy atom. The van der Waals surface area contributed by atoms with Crippen molar-refractivity contribution < 1.29 is 14.1 Å². The molecule has 0 saturated carbocycles. The lowest BCUT2D eigenvalue weighted by atomic mass is 9.79. The number of nitrogens with zero attached hydrogens (tertiary/aromatic N) is 1. The summed E-state index contributed by atoms with van der Waals surface area (Å²) >= 11 is 1.50. The van der Waals surface area contributed by atoms with E-state index in [0.29, 0.717) is 10.7 Å². The molecular formula is C18H23BN2O3S. The maximum atomic E-state index is 12.3. The van der Waals surface area contributed by atoms with Crippen LogP contribution >= 0.6 is 11.3 Å². The molecule has 1 fully saturated rings. The van der Waals surface area contributed by atoms with Gasteiger partial charge in [-0.2, -0.15) is 0 Å². The van der Waals surface area contributed by atoms with Crippen LogP contribution in [0.4, 0.5) is 5.13 Å². The number of hydrogen-bond acceptors (Lipinski definition) is 5. The van der Waals surface area contributed by atoms with Gasteiger partial charge >= 0.3 is 7.12 Å². The van der Waals surface area contributed by atoms with E-state index in [1.54, 1.807) is 18.3 Å². The van der Waals surface area contributed by atoms with E-state index in [0.717, 1.165) is 16.8 Å². The second-order valence-corrected chi connectivity index (χ2v) is 8.26. The summed E-state index contributed by atoms with van der Waals surface area (Å²) in [5, 5.41) is 3.46. The third-order valence-electron chi connectivity index (χ3n) is 4.82. The number of aromatic nitrogens is 1. The normalized spacial score (nSPS) is 18.4. The fraction of sp³-hybridized carbons (Fsp3) is 0.444. The zero-order valence-electron chi connectivity index (χ0n) is 15.3. The lowest BCUT2D eigenvalue weighted by molar-refractivity contribution is 0.00578.